The second-order valence-corrected chi connectivity index (χ2v) is 2.99. The summed E-state index contributed by atoms with van der Waals surface area (Å²) in [5.74, 6) is 0.166. The van der Waals surface area contributed by atoms with Crippen molar-refractivity contribution in [3.05, 3.63) is 0 Å². The third-order valence-electron chi connectivity index (χ3n) is 2.25. The summed E-state index contributed by atoms with van der Waals surface area (Å²) in [5.41, 5.74) is -0.713. The van der Waals surface area contributed by atoms with Crippen molar-refractivity contribution in [2.75, 3.05) is 0 Å². The first-order valence-corrected chi connectivity index (χ1v) is 3.38. The van der Waals surface area contributed by atoms with Crippen molar-refractivity contribution in [3.8, 4) is 0 Å². The van der Waals surface area contributed by atoms with Crippen LogP contribution in [-0.2, 0) is 14.3 Å². The van der Waals surface area contributed by atoms with Gasteiger partial charge < -0.3 is 4.74 Å². The van der Waals surface area contributed by atoms with E-state index in [4.69, 9.17) is 4.74 Å². The normalized spacial score (nSPS) is 45.1. The summed E-state index contributed by atoms with van der Waals surface area (Å²) >= 11 is 0. The lowest BCUT2D eigenvalue weighted by Gasteiger charge is -2.08. The van der Waals surface area contributed by atoms with Crippen molar-refractivity contribution in [2.45, 2.75) is 31.5 Å². The molecule has 1 aliphatic heterocycles. The van der Waals surface area contributed by atoms with Crippen LogP contribution in [0.25, 0.3) is 0 Å². The molecule has 3 nitrogen and oxygen atoms in total. The molecule has 0 bridgehead atoms. The summed E-state index contributed by atoms with van der Waals surface area (Å²) in [6.07, 6.45) is 0.346. The smallest absolute Gasteiger partial charge is 0.167 e. The summed E-state index contributed by atoms with van der Waals surface area (Å²) in [5, 5.41) is 0. The topological polar surface area (TPSA) is 46.7 Å². The molecule has 0 N–H and O–H groups in total. The number of hydrogen-bond acceptors (Lipinski definition) is 3. The summed E-state index contributed by atoms with van der Waals surface area (Å²) in [6, 6.07) is 0. The maximum Gasteiger partial charge on any atom is 0.167 e. The highest BCUT2D eigenvalue weighted by Crippen LogP contribution is 2.42. The monoisotopic (exact) mass is 140 g/mol. The highest BCUT2D eigenvalue weighted by Gasteiger charge is 2.63. The number of carbonyl (C=O) groups excluding carboxylic acids is 2. The maximum atomic E-state index is 11.0. The molecule has 10 heavy (non-hydrogen) atoms. The van der Waals surface area contributed by atoms with Crippen molar-refractivity contribution in [3.63, 3.8) is 0 Å². The molecular weight excluding hydrogens is 132 g/mol. The fourth-order valence-corrected chi connectivity index (χ4v) is 1.41. The van der Waals surface area contributed by atoms with Gasteiger partial charge in [0.1, 0.15) is 0 Å². The van der Waals surface area contributed by atoms with Crippen molar-refractivity contribution < 1.29 is 14.3 Å². The Kier molecular flexibility index (Phi) is 0.892. The first-order chi connectivity index (χ1) is 4.64. The van der Waals surface area contributed by atoms with Gasteiger partial charge in [-0.2, -0.15) is 0 Å². The van der Waals surface area contributed by atoms with Gasteiger partial charge in [-0.1, -0.05) is 0 Å². The molecule has 1 saturated carbocycles. The molecule has 2 rings (SSSR count). The molecule has 0 aromatic rings. The number of hydrogen-bond donors (Lipinski definition) is 0. The zero-order chi connectivity index (χ0) is 7.35. The number of carbonyl (C=O) groups is 2. The van der Waals surface area contributed by atoms with Gasteiger partial charge in [0, 0.05) is 12.8 Å². The van der Waals surface area contributed by atoms with Crippen LogP contribution in [0.3, 0.4) is 0 Å². The van der Waals surface area contributed by atoms with E-state index in [0.29, 0.717) is 12.8 Å². The molecule has 2 atom stereocenters. The molecule has 2 aliphatic rings. The van der Waals surface area contributed by atoms with E-state index in [-0.39, 0.29) is 11.6 Å². The van der Waals surface area contributed by atoms with Gasteiger partial charge in [-0.3, -0.25) is 9.59 Å². The van der Waals surface area contributed by atoms with Crippen LogP contribution in [0, 0.1) is 0 Å². The lowest BCUT2D eigenvalue weighted by Crippen LogP contribution is -2.32. The van der Waals surface area contributed by atoms with E-state index < -0.39 is 11.7 Å². The van der Waals surface area contributed by atoms with E-state index in [9.17, 15) is 9.59 Å². The van der Waals surface area contributed by atoms with Crippen LogP contribution in [0.4, 0.5) is 0 Å². The van der Waals surface area contributed by atoms with Gasteiger partial charge in [-0.15, -0.1) is 0 Å². The third kappa shape index (κ3) is 0.534. The molecule has 0 radical (unpaired) electrons. The number of ether oxygens (including phenoxy) is 1. The molecule has 0 aromatic heterocycles. The Morgan fingerprint density at radius 3 is 2.80 bits per heavy atom. The van der Waals surface area contributed by atoms with Crippen LogP contribution in [-0.4, -0.2) is 23.3 Å². The molecule has 1 saturated heterocycles. The average molecular weight is 140 g/mol. The zero-order valence-corrected chi connectivity index (χ0v) is 5.72. The fraction of sp³-hybridized carbons (Fsp3) is 0.714. The second kappa shape index (κ2) is 1.48. The van der Waals surface area contributed by atoms with Crippen LogP contribution in [0.2, 0.25) is 0 Å². The Balaban J connectivity index is 2.27. The van der Waals surface area contributed by atoms with Gasteiger partial charge >= 0.3 is 0 Å². The van der Waals surface area contributed by atoms with Crippen molar-refractivity contribution in [2.24, 2.45) is 0 Å². The van der Waals surface area contributed by atoms with Crippen molar-refractivity contribution in [1.82, 2.24) is 0 Å². The predicted molar refractivity (Wildman–Crippen MR) is 32.5 cm³/mol. The molecule has 0 amide bonds. The zero-order valence-electron chi connectivity index (χ0n) is 5.72. The minimum absolute atomic E-state index is 0.0806. The lowest BCUT2D eigenvalue weighted by molar-refractivity contribution is -0.128. The first kappa shape index (κ1) is 6.04. The van der Waals surface area contributed by atoms with E-state index in [1.807, 2.05) is 0 Å². The van der Waals surface area contributed by atoms with E-state index >= 15 is 0 Å². The van der Waals surface area contributed by atoms with E-state index in [0.717, 1.165) is 0 Å². The first-order valence-electron chi connectivity index (χ1n) is 3.38. The molecule has 54 valence electrons. The lowest BCUT2D eigenvalue weighted by atomic mass is 9.89. The Labute approximate surface area is 58.4 Å². The minimum Gasteiger partial charge on any atom is -0.350 e. The Hall–Kier alpha value is -0.700. The van der Waals surface area contributed by atoms with Crippen LogP contribution in [0.1, 0.15) is 19.8 Å². The largest absolute Gasteiger partial charge is 0.350 e. The van der Waals surface area contributed by atoms with Crippen LogP contribution >= 0.6 is 0 Å². The summed E-state index contributed by atoms with van der Waals surface area (Å²) in [7, 11) is 0. The third-order valence-corrected chi connectivity index (χ3v) is 2.25. The quantitative estimate of drug-likeness (QED) is 0.447. The van der Waals surface area contributed by atoms with Crippen molar-refractivity contribution >= 4 is 11.6 Å². The molecule has 2 fully saturated rings. The van der Waals surface area contributed by atoms with Gasteiger partial charge in [-0.25, -0.2) is 0 Å². The summed E-state index contributed by atoms with van der Waals surface area (Å²) in [6.45, 7) is 1.69. The van der Waals surface area contributed by atoms with Crippen LogP contribution in [0.15, 0.2) is 0 Å². The van der Waals surface area contributed by atoms with Gasteiger partial charge in [0.05, 0.1) is 0 Å². The number of epoxide rings is 1. The van der Waals surface area contributed by atoms with Crippen LogP contribution < -0.4 is 0 Å². The van der Waals surface area contributed by atoms with E-state index in [1.54, 1.807) is 6.92 Å². The molecule has 1 aliphatic carbocycles. The molecule has 3 heteroatoms. The average Bonchev–Trinajstić information content (AvgIpc) is 2.56. The molecular formula is C7H8O3. The Bertz CT molecular complexity index is 221. The van der Waals surface area contributed by atoms with E-state index in [1.165, 1.54) is 0 Å². The highest BCUT2D eigenvalue weighted by atomic mass is 16.6. The van der Waals surface area contributed by atoms with Crippen LogP contribution in [0.5, 0.6) is 0 Å². The standard InChI is InChI=1S/C7H8O3/c1-7-5(9)3-2-4(8)6(7)10-7/h6H,2-3H2,1H3. The second-order valence-electron chi connectivity index (χ2n) is 2.99. The molecule has 0 aromatic carbocycles. The number of rotatable bonds is 0. The fourth-order valence-electron chi connectivity index (χ4n) is 1.41. The number of fused-ring (bicyclic) bond motifs is 1. The highest BCUT2D eigenvalue weighted by molar-refractivity contribution is 6.05. The number of ketones is 2. The number of Topliss-reactive ketones (excluding diaryl/α,β-unsaturated/α-hetero) is 2. The molecule has 0 spiro atoms. The van der Waals surface area contributed by atoms with E-state index in [2.05, 4.69) is 0 Å². The Morgan fingerprint density at radius 2 is 2.20 bits per heavy atom. The van der Waals surface area contributed by atoms with Gasteiger partial charge in [0.25, 0.3) is 0 Å². The summed E-state index contributed by atoms with van der Waals surface area (Å²) in [4.78, 5) is 21.9. The SMILES string of the molecule is CC12OC1C(=O)CCC2=O. The molecule has 1 heterocycles. The Morgan fingerprint density at radius 1 is 1.50 bits per heavy atom. The van der Waals surface area contributed by atoms with Gasteiger partial charge in [0.15, 0.2) is 23.3 Å². The predicted octanol–water partition coefficient (Wildman–Crippen LogP) is 0.0759. The van der Waals surface area contributed by atoms with Gasteiger partial charge in [0.2, 0.25) is 0 Å². The molecule has 2 unspecified atom stereocenters. The maximum absolute atomic E-state index is 11.0. The van der Waals surface area contributed by atoms with Gasteiger partial charge in [-0.05, 0) is 6.92 Å². The van der Waals surface area contributed by atoms with Crippen molar-refractivity contribution in [1.29, 1.82) is 0 Å². The minimum atomic E-state index is -0.713. The summed E-state index contributed by atoms with van der Waals surface area (Å²) < 4.78 is 4.99.